The van der Waals surface area contributed by atoms with Crippen LogP contribution in [0.5, 0.6) is 0 Å². The van der Waals surface area contributed by atoms with Crippen LogP contribution in [0.3, 0.4) is 0 Å². The average molecular weight is 246 g/mol. The van der Waals surface area contributed by atoms with E-state index in [2.05, 4.69) is 6.07 Å². The monoisotopic (exact) mass is 245 g/mol. The Kier molecular flexibility index (Phi) is 4.60. The molecule has 0 bridgehead atoms. The van der Waals surface area contributed by atoms with Gasteiger partial charge in [0.05, 0.1) is 21.4 Å². The number of halogens is 2. The highest BCUT2D eigenvalue weighted by Gasteiger charge is 2.07. The molecule has 0 spiro atoms. The largest absolute Gasteiger partial charge is 0.197 e. The fourth-order valence-corrected chi connectivity index (χ4v) is 2.16. The van der Waals surface area contributed by atoms with Crippen molar-refractivity contribution in [1.29, 1.82) is 5.26 Å². The second-order valence-electron chi connectivity index (χ2n) is 2.72. The van der Waals surface area contributed by atoms with E-state index in [9.17, 15) is 0 Å². The van der Waals surface area contributed by atoms with Gasteiger partial charge in [0.1, 0.15) is 0 Å². The summed E-state index contributed by atoms with van der Waals surface area (Å²) in [7, 11) is 0. The molecule has 0 aromatic heterocycles. The molecule has 0 saturated heterocycles. The first kappa shape index (κ1) is 11.7. The second kappa shape index (κ2) is 5.50. The zero-order valence-electron chi connectivity index (χ0n) is 7.63. The fourth-order valence-electron chi connectivity index (χ4n) is 0.915. The zero-order chi connectivity index (χ0) is 10.6. The Morgan fingerprint density at radius 2 is 2.14 bits per heavy atom. The summed E-state index contributed by atoms with van der Waals surface area (Å²) in [6, 6.07) is 7.63. The standard InChI is InChI=1S/C10H9Cl2NS/c1-2-7(6-13)14-8-3-4-9(11)10(12)5-8/h3-5,7H,2H2,1H3. The maximum atomic E-state index is 8.78. The molecule has 0 aliphatic rings. The number of hydrogen-bond donors (Lipinski definition) is 0. The summed E-state index contributed by atoms with van der Waals surface area (Å²) in [6.07, 6.45) is 0.821. The summed E-state index contributed by atoms with van der Waals surface area (Å²) in [6.45, 7) is 1.98. The lowest BCUT2D eigenvalue weighted by molar-refractivity contribution is 0.985. The van der Waals surface area contributed by atoms with E-state index in [-0.39, 0.29) is 5.25 Å². The second-order valence-corrected chi connectivity index (χ2v) is 4.81. The van der Waals surface area contributed by atoms with E-state index in [4.69, 9.17) is 28.5 Å². The molecule has 74 valence electrons. The number of nitrogens with zero attached hydrogens (tertiary/aromatic N) is 1. The van der Waals surface area contributed by atoms with E-state index >= 15 is 0 Å². The molecule has 0 aliphatic carbocycles. The maximum absolute atomic E-state index is 8.78. The first-order valence-electron chi connectivity index (χ1n) is 4.18. The third kappa shape index (κ3) is 3.09. The highest BCUT2D eigenvalue weighted by atomic mass is 35.5. The van der Waals surface area contributed by atoms with Gasteiger partial charge < -0.3 is 0 Å². The van der Waals surface area contributed by atoms with E-state index < -0.39 is 0 Å². The summed E-state index contributed by atoms with van der Waals surface area (Å²) >= 11 is 13.1. The third-order valence-corrected chi connectivity index (χ3v) is 3.67. The van der Waals surface area contributed by atoms with Crippen LogP contribution in [-0.4, -0.2) is 5.25 Å². The van der Waals surface area contributed by atoms with E-state index in [1.807, 2.05) is 13.0 Å². The van der Waals surface area contributed by atoms with E-state index in [1.54, 1.807) is 12.1 Å². The van der Waals surface area contributed by atoms with Crippen molar-refractivity contribution in [2.45, 2.75) is 23.5 Å². The molecule has 1 unspecified atom stereocenters. The number of hydrogen-bond acceptors (Lipinski definition) is 2. The molecular formula is C10H9Cl2NS. The number of benzene rings is 1. The number of nitriles is 1. The molecule has 14 heavy (non-hydrogen) atoms. The van der Waals surface area contributed by atoms with Crippen molar-refractivity contribution >= 4 is 35.0 Å². The van der Waals surface area contributed by atoms with E-state index in [0.29, 0.717) is 10.0 Å². The van der Waals surface area contributed by atoms with Crippen LogP contribution in [0.25, 0.3) is 0 Å². The molecule has 0 fully saturated rings. The summed E-state index contributed by atoms with van der Waals surface area (Å²) in [5, 5.41) is 9.83. The zero-order valence-corrected chi connectivity index (χ0v) is 9.96. The average Bonchev–Trinajstić information content (AvgIpc) is 2.19. The van der Waals surface area contributed by atoms with Gasteiger partial charge in [0.25, 0.3) is 0 Å². The Hall–Kier alpha value is -0.360. The lowest BCUT2D eigenvalue weighted by Gasteiger charge is -2.06. The van der Waals surface area contributed by atoms with Crippen molar-refractivity contribution in [2.75, 3.05) is 0 Å². The van der Waals surface area contributed by atoms with Crippen LogP contribution in [0.15, 0.2) is 23.1 Å². The van der Waals surface area contributed by atoms with Gasteiger partial charge in [-0.25, -0.2) is 0 Å². The van der Waals surface area contributed by atoms with Crippen LogP contribution in [0, 0.1) is 11.3 Å². The Morgan fingerprint density at radius 1 is 1.43 bits per heavy atom. The molecule has 0 heterocycles. The lowest BCUT2D eigenvalue weighted by Crippen LogP contribution is -1.94. The van der Waals surface area contributed by atoms with Crippen molar-refractivity contribution < 1.29 is 0 Å². The van der Waals surface area contributed by atoms with Crippen molar-refractivity contribution in [3.63, 3.8) is 0 Å². The molecule has 0 saturated carbocycles. The number of thioether (sulfide) groups is 1. The van der Waals surface area contributed by atoms with Crippen LogP contribution >= 0.6 is 35.0 Å². The molecule has 0 amide bonds. The van der Waals surface area contributed by atoms with Gasteiger partial charge in [-0.2, -0.15) is 5.26 Å². The number of rotatable bonds is 3. The summed E-state index contributed by atoms with van der Waals surface area (Å²) in [4.78, 5) is 0.979. The van der Waals surface area contributed by atoms with Gasteiger partial charge in [-0.05, 0) is 24.6 Å². The minimum absolute atomic E-state index is 0.0211. The molecule has 1 aromatic carbocycles. The summed E-state index contributed by atoms with van der Waals surface area (Å²) in [5.41, 5.74) is 0. The summed E-state index contributed by atoms with van der Waals surface area (Å²) < 4.78 is 0. The molecule has 4 heteroatoms. The quantitative estimate of drug-likeness (QED) is 0.738. The minimum Gasteiger partial charge on any atom is -0.197 e. The Morgan fingerprint density at radius 3 is 2.64 bits per heavy atom. The van der Waals surface area contributed by atoms with Gasteiger partial charge in [0, 0.05) is 4.90 Å². The molecule has 0 N–H and O–H groups in total. The van der Waals surface area contributed by atoms with Crippen LogP contribution in [0.2, 0.25) is 10.0 Å². The van der Waals surface area contributed by atoms with Gasteiger partial charge in [-0.15, -0.1) is 11.8 Å². The highest BCUT2D eigenvalue weighted by molar-refractivity contribution is 8.00. The Bertz CT molecular complexity index is 360. The van der Waals surface area contributed by atoms with E-state index in [0.717, 1.165) is 11.3 Å². The van der Waals surface area contributed by atoms with Crippen LogP contribution in [0.1, 0.15) is 13.3 Å². The molecule has 1 rings (SSSR count). The molecule has 1 atom stereocenters. The van der Waals surface area contributed by atoms with Crippen molar-refractivity contribution in [1.82, 2.24) is 0 Å². The van der Waals surface area contributed by atoms with Crippen molar-refractivity contribution in [2.24, 2.45) is 0 Å². The molecule has 0 radical (unpaired) electrons. The minimum atomic E-state index is -0.0211. The maximum Gasteiger partial charge on any atom is 0.0961 e. The first-order chi connectivity index (χ1) is 6.67. The SMILES string of the molecule is CCC(C#N)Sc1ccc(Cl)c(Cl)c1. The Balaban J connectivity index is 2.78. The smallest absolute Gasteiger partial charge is 0.0961 e. The van der Waals surface area contributed by atoms with Crippen LogP contribution < -0.4 is 0 Å². The molecule has 1 aromatic rings. The molecular weight excluding hydrogens is 237 g/mol. The third-order valence-electron chi connectivity index (χ3n) is 1.68. The normalized spacial score (nSPS) is 12.1. The highest BCUT2D eigenvalue weighted by Crippen LogP contribution is 2.30. The van der Waals surface area contributed by atoms with Gasteiger partial charge >= 0.3 is 0 Å². The van der Waals surface area contributed by atoms with Gasteiger partial charge in [-0.3, -0.25) is 0 Å². The lowest BCUT2D eigenvalue weighted by atomic mass is 10.3. The van der Waals surface area contributed by atoms with E-state index in [1.165, 1.54) is 11.8 Å². The topological polar surface area (TPSA) is 23.8 Å². The van der Waals surface area contributed by atoms with Gasteiger partial charge in [0.2, 0.25) is 0 Å². The molecule has 1 nitrogen and oxygen atoms in total. The first-order valence-corrected chi connectivity index (χ1v) is 5.82. The predicted molar refractivity (Wildman–Crippen MR) is 62.0 cm³/mol. The van der Waals surface area contributed by atoms with Gasteiger partial charge in [-0.1, -0.05) is 30.1 Å². The Labute approximate surface area is 98.0 Å². The molecule has 0 aliphatic heterocycles. The van der Waals surface area contributed by atoms with Crippen molar-refractivity contribution in [3.05, 3.63) is 28.2 Å². The fraction of sp³-hybridized carbons (Fsp3) is 0.300. The van der Waals surface area contributed by atoms with Crippen molar-refractivity contribution in [3.8, 4) is 6.07 Å². The van der Waals surface area contributed by atoms with Crippen LogP contribution in [0.4, 0.5) is 0 Å². The predicted octanol–water partition coefficient (Wildman–Crippen LogP) is 4.39. The van der Waals surface area contributed by atoms with Crippen LogP contribution in [-0.2, 0) is 0 Å². The van der Waals surface area contributed by atoms with Gasteiger partial charge in [0.15, 0.2) is 0 Å². The summed E-state index contributed by atoms with van der Waals surface area (Å²) in [5.74, 6) is 0.